The van der Waals surface area contributed by atoms with Gasteiger partial charge in [0.15, 0.2) is 0 Å². The Morgan fingerprint density at radius 3 is 2.86 bits per heavy atom. The molecule has 0 N–H and O–H groups in total. The maximum Gasteiger partial charge on any atom is 0.214 e. The molecule has 2 heterocycles. The van der Waals surface area contributed by atoms with Gasteiger partial charge in [-0.3, -0.25) is 0 Å². The van der Waals surface area contributed by atoms with Crippen LogP contribution in [0, 0.1) is 6.92 Å². The zero-order valence-corrected chi connectivity index (χ0v) is 11.4. The van der Waals surface area contributed by atoms with Gasteiger partial charge in [-0.1, -0.05) is 29.4 Å². The Hall–Kier alpha value is -2.88. The van der Waals surface area contributed by atoms with Crippen molar-refractivity contribution >= 4 is 11.0 Å². The Labute approximate surface area is 121 Å². The zero-order valence-electron chi connectivity index (χ0n) is 11.4. The number of nitrogens with zero attached hydrogens (tertiary/aromatic N) is 2. The van der Waals surface area contributed by atoms with Crippen molar-refractivity contribution in [3.8, 4) is 22.5 Å². The summed E-state index contributed by atoms with van der Waals surface area (Å²) in [6, 6.07) is 14.2. The van der Waals surface area contributed by atoms with E-state index in [9.17, 15) is 0 Å². The fraction of sp³-hybridized carbons (Fsp3) is 0.0588. The average Bonchev–Trinajstić information content (AvgIpc) is 3.17. The van der Waals surface area contributed by atoms with Crippen LogP contribution < -0.4 is 0 Å². The Kier molecular flexibility index (Phi) is 2.60. The first-order valence-corrected chi connectivity index (χ1v) is 6.67. The predicted molar refractivity (Wildman–Crippen MR) is 79.7 cm³/mol. The van der Waals surface area contributed by atoms with Crippen LogP contribution in [0.2, 0.25) is 0 Å². The molecule has 2 aromatic carbocycles. The molecule has 0 saturated carbocycles. The molecule has 0 saturated heterocycles. The Bertz CT molecular complexity index is 908. The summed E-state index contributed by atoms with van der Waals surface area (Å²) in [6.07, 6.45) is 3.05. The minimum atomic E-state index is 0.607. The minimum Gasteiger partial charge on any atom is -0.464 e. The number of hydrogen-bond acceptors (Lipinski definition) is 4. The molecular weight excluding hydrogens is 264 g/mol. The number of fused-ring (bicyclic) bond motifs is 1. The number of benzene rings is 2. The predicted octanol–water partition coefficient (Wildman–Crippen LogP) is 4.46. The van der Waals surface area contributed by atoms with Gasteiger partial charge in [-0.15, -0.1) is 0 Å². The highest BCUT2D eigenvalue weighted by Crippen LogP contribution is 2.34. The van der Waals surface area contributed by atoms with Gasteiger partial charge in [0.1, 0.15) is 5.58 Å². The number of aromatic nitrogens is 2. The summed E-state index contributed by atoms with van der Waals surface area (Å²) in [5, 5.41) is 5.06. The molecule has 0 fully saturated rings. The standard InChI is InChI=1S/C17H12N2O2/c1-11-3-2-4-14(16(11)17-18-10-21-19-17)12-5-6-15-13(9-12)7-8-20-15/h2-10H,1H3. The summed E-state index contributed by atoms with van der Waals surface area (Å²) in [5.41, 5.74) is 5.18. The van der Waals surface area contributed by atoms with Crippen molar-refractivity contribution in [1.82, 2.24) is 10.1 Å². The van der Waals surface area contributed by atoms with Crippen LogP contribution in [-0.4, -0.2) is 10.1 Å². The van der Waals surface area contributed by atoms with E-state index < -0.39 is 0 Å². The van der Waals surface area contributed by atoms with Crippen molar-refractivity contribution in [2.24, 2.45) is 0 Å². The monoisotopic (exact) mass is 276 g/mol. The molecule has 4 aromatic rings. The summed E-state index contributed by atoms with van der Waals surface area (Å²) in [5.74, 6) is 0.607. The molecule has 0 atom stereocenters. The second-order valence-electron chi connectivity index (χ2n) is 4.93. The molecule has 4 rings (SSSR count). The second-order valence-corrected chi connectivity index (χ2v) is 4.93. The Balaban J connectivity index is 1.97. The fourth-order valence-electron chi connectivity index (χ4n) is 2.62. The topological polar surface area (TPSA) is 52.1 Å². The molecule has 2 aromatic heterocycles. The third kappa shape index (κ3) is 1.92. The van der Waals surface area contributed by atoms with E-state index >= 15 is 0 Å². The summed E-state index contributed by atoms with van der Waals surface area (Å²) < 4.78 is 10.3. The quantitative estimate of drug-likeness (QED) is 0.542. The van der Waals surface area contributed by atoms with E-state index in [1.54, 1.807) is 6.26 Å². The van der Waals surface area contributed by atoms with E-state index in [0.717, 1.165) is 33.2 Å². The number of furan rings is 1. The van der Waals surface area contributed by atoms with Crippen molar-refractivity contribution < 1.29 is 8.94 Å². The van der Waals surface area contributed by atoms with Crippen LogP contribution in [0.3, 0.4) is 0 Å². The summed E-state index contributed by atoms with van der Waals surface area (Å²) in [7, 11) is 0. The molecule has 0 aliphatic heterocycles. The minimum absolute atomic E-state index is 0.607. The van der Waals surface area contributed by atoms with Crippen LogP contribution in [0.1, 0.15) is 5.56 Å². The number of aryl methyl sites for hydroxylation is 1. The van der Waals surface area contributed by atoms with E-state index in [4.69, 9.17) is 8.94 Å². The lowest BCUT2D eigenvalue weighted by molar-refractivity contribution is 0.418. The molecule has 0 unspecified atom stereocenters. The van der Waals surface area contributed by atoms with Crippen molar-refractivity contribution in [3.05, 3.63) is 60.7 Å². The fourth-order valence-corrected chi connectivity index (χ4v) is 2.62. The highest BCUT2D eigenvalue weighted by molar-refractivity contribution is 5.88. The first kappa shape index (κ1) is 11.9. The molecule has 4 nitrogen and oxygen atoms in total. The van der Waals surface area contributed by atoms with Crippen LogP contribution >= 0.6 is 0 Å². The van der Waals surface area contributed by atoms with Gasteiger partial charge < -0.3 is 8.94 Å². The van der Waals surface area contributed by atoms with Gasteiger partial charge in [0.2, 0.25) is 12.2 Å². The van der Waals surface area contributed by atoms with Crippen molar-refractivity contribution in [1.29, 1.82) is 0 Å². The van der Waals surface area contributed by atoms with E-state index in [1.165, 1.54) is 6.39 Å². The molecule has 0 aliphatic rings. The Morgan fingerprint density at radius 1 is 1.05 bits per heavy atom. The third-order valence-corrected chi connectivity index (χ3v) is 3.62. The van der Waals surface area contributed by atoms with Gasteiger partial charge in [-0.25, -0.2) is 0 Å². The Morgan fingerprint density at radius 2 is 2.00 bits per heavy atom. The van der Waals surface area contributed by atoms with E-state index in [-0.39, 0.29) is 0 Å². The van der Waals surface area contributed by atoms with Crippen LogP contribution in [-0.2, 0) is 0 Å². The maximum atomic E-state index is 5.40. The molecule has 0 spiro atoms. The van der Waals surface area contributed by atoms with Crippen LogP contribution in [0.5, 0.6) is 0 Å². The molecule has 102 valence electrons. The van der Waals surface area contributed by atoms with Gasteiger partial charge in [-0.05, 0) is 41.8 Å². The lowest BCUT2D eigenvalue weighted by atomic mass is 9.95. The van der Waals surface area contributed by atoms with E-state index in [0.29, 0.717) is 5.82 Å². The molecule has 0 aliphatic carbocycles. The SMILES string of the molecule is Cc1cccc(-c2ccc3occc3c2)c1-c1ncon1. The van der Waals surface area contributed by atoms with Gasteiger partial charge in [0.05, 0.1) is 6.26 Å². The summed E-state index contributed by atoms with van der Waals surface area (Å²) >= 11 is 0. The molecule has 0 bridgehead atoms. The van der Waals surface area contributed by atoms with E-state index in [2.05, 4.69) is 22.3 Å². The van der Waals surface area contributed by atoms with Gasteiger partial charge >= 0.3 is 0 Å². The molecule has 21 heavy (non-hydrogen) atoms. The first-order chi connectivity index (χ1) is 10.3. The van der Waals surface area contributed by atoms with Crippen molar-refractivity contribution in [2.45, 2.75) is 6.92 Å². The lowest BCUT2D eigenvalue weighted by Gasteiger charge is -2.10. The van der Waals surface area contributed by atoms with Crippen LogP contribution in [0.4, 0.5) is 0 Å². The molecule has 0 radical (unpaired) electrons. The summed E-state index contributed by atoms with van der Waals surface area (Å²) in [4.78, 5) is 4.19. The maximum absolute atomic E-state index is 5.40. The lowest BCUT2D eigenvalue weighted by Crippen LogP contribution is -1.90. The van der Waals surface area contributed by atoms with Crippen LogP contribution in [0.15, 0.2) is 64.1 Å². The molecule has 4 heteroatoms. The van der Waals surface area contributed by atoms with Crippen molar-refractivity contribution in [2.75, 3.05) is 0 Å². The zero-order chi connectivity index (χ0) is 14.2. The van der Waals surface area contributed by atoms with Gasteiger partial charge in [0, 0.05) is 10.9 Å². The van der Waals surface area contributed by atoms with Crippen LogP contribution in [0.25, 0.3) is 33.5 Å². The number of rotatable bonds is 2. The largest absolute Gasteiger partial charge is 0.464 e. The highest BCUT2D eigenvalue weighted by atomic mass is 16.5. The van der Waals surface area contributed by atoms with Crippen molar-refractivity contribution in [3.63, 3.8) is 0 Å². The molecular formula is C17H12N2O2. The average molecular weight is 276 g/mol. The normalized spacial score (nSPS) is 11.1. The highest BCUT2D eigenvalue weighted by Gasteiger charge is 2.14. The third-order valence-electron chi connectivity index (χ3n) is 3.62. The van der Waals surface area contributed by atoms with Gasteiger partial charge in [0.25, 0.3) is 0 Å². The molecule has 0 amide bonds. The number of hydrogen-bond donors (Lipinski definition) is 0. The van der Waals surface area contributed by atoms with Gasteiger partial charge in [-0.2, -0.15) is 4.98 Å². The first-order valence-electron chi connectivity index (χ1n) is 6.67. The summed E-state index contributed by atoms with van der Waals surface area (Å²) in [6.45, 7) is 2.05. The van der Waals surface area contributed by atoms with E-state index in [1.807, 2.05) is 37.3 Å². The smallest absolute Gasteiger partial charge is 0.214 e. The second kappa shape index (κ2) is 4.59.